The minimum atomic E-state index is -0.577. The first-order chi connectivity index (χ1) is 5.19. The molecule has 0 N–H and O–H groups in total. The molecule has 1 atom stereocenters. The average Bonchev–Trinajstić information content (AvgIpc) is 2.38. The Balaban J connectivity index is 2.58. The first kappa shape index (κ1) is 8.29. The highest BCUT2D eigenvalue weighted by Gasteiger charge is 2.36. The molecule has 0 aliphatic carbocycles. The van der Waals surface area contributed by atoms with Crippen LogP contribution in [0.1, 0.15) is 26.2 Å². The third-order valence-electron chi connectivity index (χ3n) is 2.07. The molecule has 1 unspecified atom stereocenters. The molecule has 0 amide bonds. The van der Waals surface area contributed by atoms with Gasteiger partial charge >= 0.3 is 0 Å². The van der Waals surface area contributed by atoms with Crippen LogP contribution in [0.2, 0.25) is 0 Å². The third kappa shape index (κ3) is 1.61. The van der Waals surface area contributed by atoms with Crippen LogP contribution >= 0.6 is 0 Å². The lowest BCUT2D eigenvalue weighted by Gasteiger charge is -2.19. The number of terminal acetylenes is 1. The highest BCUT2D eigenvalue weighted by Crippen LogP contribution is 2.26. The highest BCUT2D eigenvalue weighted by molar-refractivity contribution is 5.88. The Morgan fingerprint density at radius 3 is 3.00 bits per heavy atom. The van der Waals surface area contributed by atoms with Crippen molar-refractivity contribution >= 4 is 5.78 Å². The first-order valence-corrected chi connectivity index (χ1v) is 3.80. The fourth-order valence-corrected chi connectivity index (χ4v) is 1.28. The van der Waals surface area contributed by atoms with Crippen LogP contribution in [-0.4, -0.2) is 18.0 Å². The van der Waals surface area contributed by atoms with E-state index in [0.29, 0.717) is 6.61 Å². The Hall–Kier alpha value is -0.810. The second-order valence-corrected chi connectivity index (χ2v) is 2.99. The minimum Gasteiger partial charge on any atom is -0.367 e. The summed E-state index contributed by atoms with van der Waals surface area (Å²) < 4.78 is 5.31. The van der Waals surface area contributed by atoms with Crippen LogP contribution in [-0.2, 0) is 9.53 Å². The maximum Gasteiger partial charge on any atom is 0.176 e. The molecule has 0 saturated carbocycles. The van der Waals surface area contributed by atoms with E-state index < -0.39 is 5.60 Å². The Morgan fingerprint density at radius 1 is 1.82 bits per heavy atom. The Labute approximate surface area is 66.9 Å². The summed E-state index contributed by atoms with van der Waals surface area (Å²) in [6, 6.07) is 0. The quantitative estimate of drug-likeness (QED) is 0.555. The van der Waals surface area contributed by atoms with E-state index in [1.165, 1.54) is 0 Å². The molecule has 2 heteroatoms. The predicted molar refractivity (Wildman–Crippen MR) is 42.0 cm³/mol. The van der Waals surface area contributed by atoms with Gasteiger partial charge in [-0.1, -0.05) is 5.92 Å². The van der Waals surface area contributed by atoms with E-state index in [1.54, 1.807) is 0 Å². The van der Waals surface area contributed by atoms with E-state index in [0.717, 1.165) is 12.8 Å². The summed E-state index contributed by atoms with van der Waals surface area (Å²) in [5.74, 6) is 2.38. The number of rotatable bonds is 2. The normalized spacial score (nSPS) is 29.8. The SMILES string of the molecule is C#CCC(=O)C1(C)CCCO1. The van der Waals surface area contributed by atoms with Gasteiger partial charge in [0.2, 0.25) is 0 Å². The van der Waals surface area contributed by atoms with Gasteiger partial charge in [0.15, 0.2) is 5.78 Å². The maximum atomic E-state index is 11.3. The van der Waals surface area contributed by atoms with Gasteiger partial charge in [0, 0.05) is 6.61 Å². The van der Waals surface area contributed by atoms with E-state index in [1.807, 2.05) is 6.92 Å². The van der Waals surface area contributed by atoms with Crippen molar-refractivity contribution < 1.29 is 9.53 Å². The summed E-state index contributed by atoms with van der Waals surface area (Å²) in [5.41, 5.74) is -0.577. The van der Waals surface area contributed by atoms with Crippen LogP contribution in [0.4, 0.5) is 0 Å². The summed E-state index contributed by atoms with van der Waals surface area (Å²) in [6.07, 6.45) is 7.00. The first-order valence-electron chi connectivity index (χ1n) is 3.80. The lowest BCUT2D eigenvalue weighted by atomic mass is 9.95. The summed E-state index contributed by atoms with van der Waals surface area (Å²) in [6.45, 7) is 2.51. The van der Waals surface area contributed by atoms with E-state index in [9.17, 15) is 4.79 Å². The van der Waals surface area contributed by atoms with Crippen molar-refractivity contribution in [1.29, 1.82) is 0 Å². The lowest BCUT2D eigenvalue weighted by Crippen LogP contribution is -2.33. The number of ether oxygens (including phenoxy) is 1. The molecule has 2 nitrogen and oxygen atoms in total. The molecule has 1 aliphatic rings. The molecule has 1 heterocycles. The summed E-state index contributed by atoms with van der Waals surface area (Å²) in [5, 5.41) is 0. The van der Waals surface area contributed by atoms with E-state index in [4.69, 9.17) is 11.2 Å². The van der Waals surface area contributed by atoms with Gasteiger partial charge in [-0.15, -0.1) is 6.42 Å². The standard InChI is InChI=1S/C9H12O2/c1-3-5-8(10)9(2)6-4-7-11-9/h1H,4-7H2,2H3. The van der Waals surface area contributed by atoms with Crippen molar-refractivity contribution in [3.63, 3.8) is 0 Å². The zero-order valence-electron chi connectivity index (χ0n) is 6.72. The van der Waals surface area contributed by atoms with Gasteiger partial charge in [-0.2, -0.15) is 0 Å². The molecule has 11 heavy (non-hydrogen) atoms. The molecule has 1 aliphatic heterocycles. The fourth-order valence-electron chi connectivity index (χ4n) is 1.28. The average molecular weight is 152 g/mol. The topological polar surface area (TPSA) is 26.3 Å². The molecule has 0 spiro atoms. The zero-order valence-corrected chi connectivity index (χ0v) is 6.72. The van der Waals surface area contributed by atoms with Gasteiger partial charge in [-0.05, 0) is 19.8 Å². The molecule has 1 rings (SSSR count). The Morgan fingerprint density at radius 2 is 2.55 bits per heavy atom. The van der Waals surface area contributed by atoms with Crippen LogP contribution in [0.15, 0.2) is 0 Å². The van der Waals surface area contributed by atoms with E-state index in [-0.39, 0.29) is 12.2 Å². The minimum absolute atomic E-state index is 0.0394. The Kier molecular flexibility index (Phi) is 2.31. The predicted octanol–water partition coefficient (Wildman–Crippen LogP) is 1.15. The van der Waals surface area contributed by atoms with Gasteiger partial charge in [-0.25, -0.2) is 0 Å². The van der Waals surface area contributed by atoms with E-state index in [2.05, 4.69) is 5.92 Å². The van der Waals surface area contributed by atoms with Crippen LogP contribution in [0.5, 0.6) is 0 Å². The zero-order chi connectivity index (χ0) is 8.32. The number of carbonyl (C=O) groups is 1. The Bertz CT molecular complexity index is 194. The second kappa shape index (κ2) is 3.06. The van der Waals surface area contributed by atoms with Crippen molar-refractivity contribution in [2.45, 2.75) is 31.8 Å². The molecular formula is C9H12O2. The van der Waals surface area contributed by atoms with Crippen molar-refractivity contribution in [3.8, 4) is 12.3 Å². The van der Waals surface area contributed by atoms with Gasteiger partial charge in [0.1, 0.15) is 5.60 Å². The monoisotopic (exact) mass is 152 g/mol. The van der Waals surface area contributed by atoms with Crippen molar-refractivity contribution in [2.24, 2.45) is 0 Å². The van der Waals surface area contributed by atoms with Gasteiger partial charge < -0.3 is 4.74 Å². The van der Waals surface area contributed by atoms with Gasteiger partial charge in [-0.3, -0.25) is 4.79 Å². The summed E-state index contributed by atoms with van der Waals surface area (Å²) in [7, 11) is 0. The smallest absolute Gasteiger partial charge is 0.176 e. The second-order valence-electron chi connectivity index (χ2n) is 2.99. The molecular weight excluding hydrogens is 140 g/mol. The largest absolute Gasteiger partial charge is 0.367 e. The molecule has 0 radical (unpaired) electrons. The molecule has 0 bridgehead atoms. The maximum absolute atomic E-state index is 11.3. The highest BCUT2D eigenvalue weighted by atomic mass is 16.5. The molecule has 60 valence electrons. The molecule has 1 fully saturated rings. The summed E-state index contributed by atoms with van der Waals surface area (Å²) in [4.78, 5) is 11.3. The van der Waals surface area contributed by atoms with Crippen LogP contribution in [0.25, 0.3) is 0 Å². The van der Waals surface area contributed by atoms with Gasteiger partial charge in [0.05, 0.1) is 6.42 Å². The molecule has 1 saturated heterocycles. The van der Waals surface area contributed by atoms with Crippen LogP contribution < -0.4 is 0 Å². The van der Waals surface area contributed by atoms with E-state index >= 15 is 0 Å². The number of ketones is 1. The number of Topliss-reactive ketones (excluding diaryl/α,β-unsaturated/α-hetero) is 1. The van der Waals surface area contributed by atoms with Crippen molar-refractivity contribution in [1.82, 2.24) is 0 Å². The van der Waals surface area contributed by atoms with Crippen LogP contribution in [0, 0.1) is 12.3 Å². The number of carbonyl (C=O) groups excluding carboxylic acids is 1. The molecule has 0 aromatic rings. The molecule has 0 aromatic carbocycles. The number of hydrogen-bond donors (Lipinski definition) is 0. The molecule has 0 aromatic heterocycles. The lowest BCUT2D eigenvalue weighted by molar-refractivity contribution is -0.136. The van der Waals surface area contributed by atoms with Gasteiger partial charge in [0.25, 0.3) is 0 Å². The fraction of sp³-hybridized carbons (Fsp3) is 0.667. The van der Waals surface area contributed by atoms with Crippen molar-refractivity contribution in [3.05, 3.63) is 0 Å². The van der Waals surface area contributed by atoms with Crippen LogP contribution in [0.3, 0.4) is 0 Å². The third-order valence-corrected chi connectivity index (χ3v) is 2.07. The summed E-state index contributed by atoms with van der Waals surface area (Å²) >= 11 is 0. The van der Waals surface area contributed by atoms with Crippen molar-refractivity contribution in [2.75, 3.05) is 6.61 Å². The number of hydrogen-bond acceptors (Lipinski definition) is 2.